The number of nitrogens with zero attached hydrogens (tertiary/aromatic N) is 1. The summed E-state index contributed by atoms with van der Waals surface area (Å²) in [5.41, 5.74) is 3.01. The van der Waals surface area contributed by atoms with E-state index in [9.17, 15) is 9.59 Å². The van der Waals surface area contributed by atoms with E-state index in [0.29, 0.717) is 28.0 Å². The van der Waals surface area contributed by atoms with Crippen molar-refractivity contribution in [3.8, 4) is 17.0 Å². The number of carbonyl (C=O) groups excluding carboxylic acids is 2. The van der Waals surface area contributed by atoms with Crippen LogP contribution in [-0.4, -0.2) is 23.9 Å². The maximum Gasteiger partial charge on any atom is 0.261 e. The van der Waals surface area contributed by atoms with Crippen molar-refractivity contribution < 1.29 is 14.3 Å². The summed E-state index contributed by atoms with van der Waals surface area (Å²) in [5, 5.41) is 8.33. The van der Waals surface area contributed by atoms with Crippen molar-refractivity contribution >= 4 is 39.9 Å². The van der Waals surface area contributed by atoms with Crippen LogP contribution in [0.5, 0.6) is 5.75 Å². The first kappa shape index (κ1) is 19.9. The van der Waals surface area contributed by atoms with Crippen molar-refractivity contribution in [2.75, 3.05) is 12.4 Å². The van der Waals surface area contributed by atoms with Crippen molar-refractivity contribution in [1.82, 2.24) is 10.3 Å². The number of ether oxygens (including phenoxy) is 1. The first-order valence-corrected chi connectivity index (χ1v) is 9.66. The minimum absolute atomic E-state index is 0.0692. The zero-order valence-corrected chi connectivity index (χ0v) is 16.9. The fraction of sp³-hybridized carbons (Fsp3) is 0.150. The van der Waals surface area contributed by atoms with Crippen molar-refractivity contribution in [2.45, 2.75) is 13.5 Å². The van der Waals surface area contributed by atoms with Gasteiger partial charge >= 0.3 is 0 Å². The first-order chi connectivity index (χ1) is 13.5. The highest BCUT2D eigenvalue weighted by atomic mass is 35.5. The van der Waals surface area contributed by atoms with Crippen molar-refractivity contribution in [2.24, 2.45) is 0 Å². The van der Waals surface area contributed by atoms with Gasteiger partial charge in [-0.15, -0.1) is 11.3 Å². The molecule has 0 aliphatic carbocycles. The summed E-state index contributed by atoms with van der Waals surface area (Å²) < 4.78 is 5.22. The number of methoxy groups -OCH3 is 1. The number of rotatable bonds is 6. The Labute approximate surface area is 171 Å². The molecule has 0 unspecified atom stereocenters. The lowest BCUT2D eigenvalue weighted by molar-refractivity contribution is -0.119. The zero-order valence-electron chi connectivity index (χ0n) is 15.3. The van der Waals surface area contributed by atoms with Gasteiger partial charge in [0.25, 0.3) is 5.91 Å². The largest absolute Gasteiger partial charge is 0.496 e. The van der Waals surface area contributed by atoms with Gasteiger partial charge in [-0.3, -0.25) is 14.9 Å². The maximum absolute atomic E-state index is 12.5. The standard InChI is InChI=1S/C20H18ClN3O3S/c1-12(25)22-10-13-3-5-14(6-4-13)17-11-28-20(23-17)24-19(26)16-9-15(21)7-8-18(16)27-2/h3-9,11H,10H2,1-2H3,(H,22,25)(H,23,24,26). The third-order valence-corrected chi connectivity index (χ3v) is 4.91. The molecule has 0 bridgehead atoms. The second kappa shape index (κ2) is 8.86. The number of benzene rings is 2. The number of anilines is 1. The molecule has 28 heavy (non-hydrogen) atoms. The predicted octanol–water partition coefficient (Wildman–Crippen LogP) is 4.36. The molecular formula is C20H18ClN3O3S. The van der Waals surface area contributed by atoms with Crippen LogP contribution >= 0.6 is 22.9 Å². The third kappa shape index (κ3) is 4.88. The second-order valence-corrected chi connectivity index (χ2v) is 7.24. The summed E-state index contributed by atoms with van der Waals surface area (Å²) in [7, 11) is 1.50. The molecule has 0 saturated heterocycles. The van der Waals surface area contributed by atoms with E-state index < -0.39 is 0 Å². The molecule has 0 fully saturated rings. The van der Waals surface area contributed by atoms with Crippen LogP contribution in [0.2, 0.25) is 5.02 Å². The van der Waals surface area contributed by atoms with Gasteiger partial charge in [0.2, 0.25) is 5.91 Å². The average molecular weight is 416 g/mol. The van der Waals surface area contributed by atoms with Gasteiger partial charge in [0.1, 0.15) is 5.75 Å². The fourth-order valence-corrected chi connectivity index (χ4v) is 3.39. The molecule has 2 N–H and O–H groups in total. The van der Waals surface area contributed by atoms with E-state index in [0.717, 1.165) is 16.8 Å². The third-order valence-electron chi connectivity index (χ3n) is 3.92. The molecule has 0 aliphatic rings. The molecule has 2 amide bonds. The molecule has 3 rings (SSSR count). The van der Waals surface area contributed by atoms with Gasteiger partial charge in [0.15, 0.2) is 5.13 Å². The maximum atomic E-state index is 12.5. The van der Waals surface area contributed by atoms with E-state index in [4.69, 9.17) is 16.3 Å². The Hall–Kier alpha value is -2.90. The Bertz CT molecular complexity index is 1000. The number of aromatic nitrogens is 1. The minimum Gasteiger partial charge on any atom is -0.496 e. The Morgan fingerprint density at radius 3 is 2.61 bits per heavy atom. The summed E-state index contributed by atoms with van der Waals surface area (Å²) in [6.45, 7) is 1.97. The van der Waals surface area contributed by atoms with Crippen molar-refractivity contribution in [1.29, 1.82) is 0 Å². The van der Waals surface area contributed by atoms with Crippen molar-refractivity contribution in [3.05, 3.63) is 64.0 Å². The molecule has 1 heterocycles. The molecule has 6 nitrogen and oxygen atoms in total. The topological polar surface area (TPSA) is 80.3 Å². The molecule has 144 valence electrons. The summed E-state index contributed by atoms with van der Waals surface area (Å²) >= 11 is 7.32. The Kier molecular flexibility index (Phi) is 6.28. The normalized spacial score (nSPS) is 10.4. The Morgan fingerprint density at radius 1 is 1.18 bits per heavy atom. The number of hydrogen-bond donors (Lipinski definition) is 2. The molecule has 0 atom stereocenters. The van der Waals surface area contributed by atoms with E-state index >= 15 is 0 Å². The Balaban J connectivity index is 1.71. The van der Waals surface area contributed by atoms with Gasteiger partial charge in [-0.05, 0) is 23.8 Å². The van der Waals surface area contributed by atoms with Crippen LogP contribution in [0.4, 0.5) is 5.13 Å². The highest BCUT2D eigenvalue weighted by Gasteiger charge is 2.15. The van der Waals surface area contributed by atoms with Crippen LogP contribution in [0, 0.1) is 0 Å². The van der Waals surface area contributed by atoms with E-state index in [1.54, 1.807) is 18.2 Å². The number of nitrogens with one attached hydrogen (secondary N) is 2. The molecule has 0 radical (unpaired) electrons. The van der Waals surface area contributed by atoms with E-state index in [-0.39, 0.29) is 11.8 Å². The van der Waals surface area contributed by atoms with Gasteiger partial charge in [-0.2, -0.15) is 0 Å². The van der Waals surface area contributed by atoms with Gasteiger partial charge in [0, 0.05) is 29.4 Å². The van der Waals surface area contributed by atoms with E-state index in [1.807, 2.05) is 29.6 Å². The van der Waals surface area contributed by atoms with Crippen LogP contribution in [-0.2, 0) is 11.3 Å². The quantitative estimate of drug-likeness (QED) is 0.626. The van der Waals surface area contributed by atoms with Crippen molar-refractivity contribution in [3.63, 3.8) is 0 Å². The summed E-state index contributed by atoms with van der Waals surface area (Å²) in [4.78, 5) is 28.0. The van der Waals surface area contributed by atoms with Gasteiger partial charge < -0.3 is 10.1 Å². The number of halogens is 1. The van der Waals surface area contributed by atoms with Crippen LogP contribution in [0.15, 0.2) is 47.8 Å². The molecule has 0 spiro atoms. The monoisotopic (exact) mass is 415 g/mol. The molecule has 2 aromatic carbocycles. The SMILES string of the molecule is COc1ccc(Cl)cc1C(=O)Nc1nc(-c2ccc(CNC(C)=O)cc2)cs1. The summed E-state index contributed by atoms with van der Waals surface area (Å²) in [6.07, 6.45) is 0. The Morgan fingerprint density at radius 2 is 1.93 bits per heavy atom. The number of carbonyl (C=O) groups is 2. The first-order valence-electron chi connectivity index (χ1n) is 8.40. The summed E-state index contributed by atoms with van der Waals surface area (Å²) in [6, 6.07) is 12.6. The van der Waals surface area contributed by atoms with Crippen LogP contribution in [0.1, 0.15) is 22.8 Å². The molecule has 3 aromatic rings. The smallest absolute Gasteiger partial charge is 0.261 e. The van der Waals surface area contributed by atoms with Crippen LogP contribution in [0.3, 0.4) is 0 Å². The molecular weight excluding hydrogens is 398 g/mol. The van der Waals surface area contributed by atoms with Gasteiger partial charge in [-0.25, -0.2) is 4.98 Å². The zero-order chi connectivity index (χ0) is 20.1. The molecule has 0 saturated carbocycles. The average Bonchev–Trinajstić information content (AvgIpc) is 3.15. The fourth-order valence-electron chi connectivity index (χ4n) is 2.51. The van der Waals surface area contributed by atoms with Crippen LogP contribution < -0.4 is 15.4 Å². The van der Waals surface area contributed by atoms with E-state index in [2.05, 4.69) is 15.6 Å². The van der Waals surface area contributed by atoms with Gasteiger partial charge in [0.05, 0.1) is 18.4 Å². The highest BCUT2D eigenvalue weighted by molar-refractivity contribution is 7.14. The lowest BCUT2D eigenvalue weighted by atomic mass is 10.1. The number of amides is 2. The number of hydrogen-bond acceptors (Lipinski definition) is 5. The molecule has 8 heteroatoms. The summed E-state index contributed by atoms with van der Waals surface area (Å²) in [5.74, 6) is 0.0274. The number of thiazole rings is 1. The minimum atomic E-state index is -0.342. The molecule has 1 aromatic heterocycles. The lowest BCUT2D eigenvalue weighted by Gasteiger charge is -2.08. The highest BCUT2D eigenvalue weighted by Crippen LogP contribution is 2.27. The van der Waals surface area contributed by atoms with Gasteiger partial charge in [-0.1, -0.05) is 35.9 Å². The van der Waals surface area contributed by atoms with E-state index in [1.165, 1.54) is 25.4 Å². The molecule has 0 aliphatic heterocycles. The second-order valence-electron chi connectivity index (χ2n) is 5.94. The van der Waals surface area contributed by atoms with Crippen LogP contribution in [0.25, 0.3) is 11.3 Å². The lowest BCUT2D eigenvalue weighted by Crippen LogP contribution is -2.18. The predicted molar refractivity (Wildman–Crippen MR) is 111 cm³/mol.